The summed E-state index contributed by atoms with van der Waals surface area (Å²) in [5.41, 5.74) is 2.02. The van der Waals surface area contributed by atoms with E-state index in [-0.39, 0.29) is 0 Å². The second-order valence-electron chi connectivity index (χ2n) is 5.41. The van der Waals surface area contributed by atoms with Crippen molar-refractivity contribution in [3.05, 3.63) is 23.5 Å². The number of hydrogen-bond donors (Lipinski definition) is 0. The van der Waals surface area contributed by atoms with E-state index < -0.39 is 19.2 Å². The first-order valence-electron chi connectivity index (χ1n) is 7.48. The monoisotopic (exact) mass is 371 g/mol. The molecule has 0 aliphatic carbocycles. The third-order valence-corrected chi connectivity index (χ3v) is 13.6. The third-order valence-electron chi connectivity index (χ3n) is 3.66. The van der Waals surface area contributed by atoms with Crippen LogP contribution in [0.4, 0.5) is 0 Å². The van der Waals surface area contributed by atoms with E-state index in [1.54, 1.807) is 0 Å². The Labute approximate surface area is 121 Å². The fraction of sp³-hybridized carbons (Fsp3) is 0.667. The molecule has 2 heterocycles. The van der Waals surface area contributed by atoms with E-state index in [0.717, 1.165) is 17.1 Å². The number of unbranched alkanes of at least 4 members (excludes halogenated alkanes) is 2. The molecular formula is C15H25NO2Sn. The molecule has 0 amide bonds. The van der Waals surface area contributed by atoms with E-state index in [2.05, 4.69) is 24.9 Å². The van der Waals surface area contributed by atoms with E-state index in [4.69, 9.17) is 6.15 Å². The van der Waals surface area contributed by atoms with Gasteiger partial charge in [0.15, 0.2) is 0 Å². The van der Waals surface area contributed by atoms with Crippen LogP contribution < -0.4 is 3.07 Å². The molecule has 0 saturated heterocycles. The predicted octanol–water partition coefficient (Wildman–Crippen LogP) is 4.34. The maximum atomic E-state index is 6.40. The Morgan fingerprint density at radius 2 is 1.84 bits per heavy atom. The standard InChI is InChI=1S/C7H8NO2.2C4H9.Sn/c1-5-2-3-7(10)6(4-9)8-5;2*1-3-4-2;/h2-3,10H,4H2,1H3;2*1,3-4H2,2H3;/q-1;;;+2/p-1. The van der Waals surface area contributed by atoms with Crippen LogP contribution in [-0.4, -0.2) is 24.2 Å². The van der Waals surface area contributed by atoms with Gasteiger partial charge in [-0.2, -0.15) is 0 Å². The second kappa shape index (κ2) is 6.93. The first-order chi connectivity index (χ1) is 9.19. The topological polar surface area (TPSA) is 31.4 Å². The van der Waals surface area contributed by atoms with E-state index in [1.807, 2.05) is 13.0 Å². The fourth-order valence-electron chi connectivity index (χ4n) is 2.49. The predicted molar refractivity (Wildman–Crippen MR) is 79.6 cm³/mol. The summed E-state index contributed by atoms with van der Waals surface area (Å²) < 4.78 is 15.0. The number of rotatable bonds is 6. The Morgan fingerprint density at radius 1 is 1.16 bits per heavy atom. The molecule has 2 rings (SSSR count). The Hall–Kier alpha value is -0.291. The van der Waals surface area contributed by atoms with Crippen molar-refractivity contribution in [3.8, 4) is 5.75 Å². The van der Waals surface area contributed by atoms with Gasteiger partial charge in [0, 0.05) is 0 Å². The van der Waals surface area contributed by atoms with Gasteiger partial charge in [0.25, 0.3) is 0 Å². The summed E-state index contributed by atoms with van der Waals surface area (Å²) in [6.45, 7) is 7.16. The molecule has 1 aliphatic rings. The van der Waals surface area contributed by atoms with Gasteiger partial charge in [-0.25, -0.2) is 0 Å². The number of hydrogen-bond acceptors (Lipinski definition) is 3. The van der Waals surface area contributed by atoms with Crippen molar-refractivity contribution in [2.24, 2.45) is 0 Å². The van der Waals surface area contributed by atoms with Crippen LogP contribution in [0.5, 0.6) is 5.75 Å². The summed E-state index contributed by atoms with van der Waals surface area (Å²) in [7, 11) is 0. The van der Waals surface area contributed by atoms with Gasteiger partial charge < -0.3 is 0 Å². The number of pyridine rings is 1. The molecule has 4 heteroatoms. The van der Waals surface area contributed by atoms with Crippen LogP contribution in [0.3, 0.4) is 0 Å². The molecule has 106 valence electrons. The van der Waals surface area contributed by atoms with Crippen LogP contribution in [0, 0.1) is 6.92 Å². The average molecular weight is 370 g/mol. The Kier molecular flexibility index (Phi) is 5.51. The van der Waals surface area contributed by atoms with Gasteiger partial charge in [0.05, 0.1) is 0 Å². The van der Waals surface area contributed by atoms with Gasteiger partial charge in [-0.15, -0.1) is 0 Å². The summed E-state index contributed by atoms with van der Waals surface area (Å²) in [4.78, 5) is 4.52. The minimum absolute atomic E-state index is 0.667. The fourth-order valence-corrected chi connectivity index (χ4v) is 12.7. The summed E-state index contributed by atoms with van der Waals surface area (Å²) >= 11 is -2.86. The molecule has 1 aromatic rings. The summed E-state index contributed by atoms with van der Waals surface area (Å²) in [6, 6.07) is 4.13. The van der Waals surface area contributed by atoms with Gasteiger partial charge in [-0.3, -0.25) is 0 Å². The van der Waals surface area contributed by atoms with Crippen molar-refractivity contribution in [2.45, 2.75) is 61.9 Å². The molecule has 1 aliphatic heterocycles. The molecule has 0 bridgehead atoms. The van der Waals surface area contributed by atoms with Crippen molar-refractivity contribution in [2.75, 3.05) is 0 Å². The van der Waals surface area contributed by atoms with Crippen molar-refractivity contribution in [1.29, 1.82) is 0 Å². The van der Waals surface area contributed by atoms with Crippen LogP contribution >= 0.6 is 0 Å². The van der Waals surface area contributed by atoms with Crippen molar-refractivity contribution < 1.29 is 6.15 Å². The second-order valence-corrected chi connectivity index (χ2v) is 14.9. The number of nitrogens with zero attached hydrogens (tertiary/aromatic N) is 1. The maximum absolute atomic E-state index is 6.40. The summed E-state index contributed by atoms with van der Waals surface area (Å²) in [5.74, 6) is 1.000. The molecule has 0 radical (unpaired) electrons. The van der Waals surface area contributed by atoms with Crippen molar-refractivity contribution in [3.63, 3.8) is 0 Å². The molecule has 3 nitrogen and oxygen atoms in total. The number of fused-ring (bicyclic) bond motifs is 1. The van der Waals surface area contributed by atoms with E-state index in [9.17, 15) is 0 Å². The van der Waals surface area contributed by atoms with Crippen molar-refractivity contribution >= 4 is 19.2 Å². The van der Waals surface area contributed by atoms with Crippen LogP contribution in [-0.2, 0) is 9.68 Å². The molecular weight excluding hydrogens is 345 g/mol. The quantitative estimate of drug-likeness (QED) is 0.699. The Bertz CT molecular complexity index is 415. The molecule has 0 unspecified atom stereocenters. The van der Waals surface area contributed by atoms with Gasteiger partial charge in [-0.05, 0) is 0 Å². The van der Waals surface area contributed by atoms with Crippen molar-refractivity contribution in [1.82, 2.24) is 4.98 Å². The normalized spacial score (nSPS) is 16.8. The number of aryl methyl sites for hydroxylation is 1. The number of aromatic nitrogens is 1. The molecule has 0 aromatic carbocycles. The molecule has 19 heavy (non-hydrogen) atoms. The van der Waals surface area contributed by atoms with Crippen LogP contribution in [0.2, 0.25) is 8.87 Å². The van der Waals surface area contributed by atoms with Crippen LogP contribution in [0.25, 0.3) is 0 Å². The van der Waals surface area contributed by atoms with E-state index in [0.29, 0.717) is 6.61 Å². The Balaban J connectivity index is 2.15. The zero-order chi connectivity index (χ0) is 13.7. The van der Waals surface area contributed by atoms with Gasteiger partial charge in [0.1, 0.15) is 0 Å². The summed E-state index contributed by atoms with van der Waals surface area (Å²) in [6.07, 6.45) is 4.90. The summed E-state index contributed by atoms with van der Waals surface area (Å²) in [5, 5.41) is 0. The van der Waals surface area contributed by atoms with Gasteiger partial charge in [-0.1, -0.05) is 0 Å². The first-order valence-corrected chi connectivity index (χ1v) is 13.9. The first kappa shape index (κ1) is 15.1. The van der Waals surface area contributed by atoms with Crippen LogP contribution in [0.15, 0.2) is 12.1 Å². The molecule has 0 fully saturated rings. The molecule has 0 saturated carbocycles. The molecule has 0 spiro atoms. The SMILES string of the molecule is CCC[CH2][Sn]1([CH2]CCC)[O]Cc2nc(C)ccc2[O]1. The van der Waals surface area contributed by atoms with E-state index >= 15 is 0 Å². The zero-order valence-electron chi connectivity index (χ0n) is 12.4. The Morgan fingerprint density at radius 3 is 2.47 bits per heavy atom. The van der Waals surface area contributed by atoms with Gasteiger partial charge >= 0.3 is 122 Å². The van der Waals surface area contributed by atoms with Gasteiger partial charge in [0.2, 0.25) is 0 Å². The molecule has 0 N–H and O–H groups in total. The van der Waals surface area contributed by atoms with E-state index in [1.165, 1.54) is 34.6 Å². The zero-order valence-corrected chi connectivity index (χ0v) is 15.2. The van der Waals surface area contributed by atoms with Crippen LogP contribution in [0.1, 0.15) is 50.9 Å². The molecule has 1 aromatic heterocycles. The minimum atomic E-state index is -2.86. The molecule has 0 atom stereocenters. The average Bonchev–Trinajstić information content (AvgIpc) is 2.43. The third kappa shape index (κ3) is 3.85.